The van der Waals surface area contributed by atoms with Gasteiger partial charge in [-0.2, -0.15) is 5.26 Å². The molecule has 1 saturated heterocycles. The van der Waals surface area contributed by atoms with Crippen LogP contribution in [0, 0.1) is 17.2 Å². The number of hydrogen-bond acceptors (Lipinski definition) is 3. The fourth-order valence-electron chi connectivity index (χ4n) is 4.13. The van der Waals surface area contributed by atoms with Gasteiger partial charge in [0.15, 0.2) is 0 Å². The number of hydrogen-bond donors (Lipinski definition) is 1. The lowest BCUT2D eigenvalue weighted by Crippen LogP contribution is -2.48. The molecule has 0 radical (unpaired) electrons. The molecule has 5 nitrogen and oxygen atoms in total. The first-order valence-electron chi connectivity index (χ1n) is 9.87. The Morgan fingerprint density at radius 3 is 2.46 bits per heavy atom. The second-order valence-corrected chi connectivity index (χ2v) is 7.84. The van der Waals surface area contributed by atoms with Crippen LogP contribution in [0.3, 0.4) is 0 Å². The van der Waals surface area contributed by atoms with Gasteiger partial charge < -0.3 is 15.1 Å². The number of piperidine rings is 1. The number of amides is 2. The maximum atomic E-state index is 12.4. The van der Waals surface area contributed by atoms with Gasteiger partial charge in [-0.1, -0.05) is 25.0 Å². The Kier molecular flexibility index (Phi) is 6.51. The Hall–Kier alpha value is -2.06. The summed E-state index contributed by atoms with van der Waals surface area (Å²) in [5.41, 5.74) is 1.68. The summed E-state index contributed by atoms with van der Waals surface area (Å²) < 4.78 is 0. The predicted molar refractivity (Wildman–Crippen MR) is 103 cm³/mol. The number of likely N-dealkylation sites (tertiary alicyclic amines) is 1. The second-order valence-electron chi connectivity index (χ2n) is 7.84. The van der Waals surface area contributed by atoms with Crippen molar-refractivity contribution in [2.24, 2.45) is 5.92 Å². The first kappa shape index (κ1) is 18.7. The van der Waals surface area contributed by atoms with E-state index in [1.165, 1.54) is 32.2 Å². The van der Waals surface area contributed by atoms with Gasteiger partial charge in [-0.3, -0.25) is 0 Å². The fourth-order valence-corrected chi connectivity index (χ4v) is 4.13. The standard InChI is InChI=1S/C21H30N4O/c1-24(15-19-8-6-17(14-22)7-9-19)21(26)23-20-10-12-25(13-11-20)16-18-4-2-3-5-18/h6-9,18,20H,2-5,10-13,15-16H2,1H3,(H,23,26). The van der Waals surface area contributed by atoms with E-state index in [4.69, 9.17) is 5.26 Å². The van der Waals surface area contributed by atoms with E-state index in [1.54, 1.807) is 17.0 Å². The smallest absolute Gasteiger partial charge is 0.317 e. The van der Waals surface area contributed by atoms with E-state index >= 15 is 0 Å². The van der Waals surface area contributed by atoms with Crippen LogP contribution in [0.15, 0.2) is 24.3 Å². The minimum atomic E-state index is -0.0106. The monoisotopic (exact) mass is 354 g/mol. The van der Waals surface area contributed by atoms with Gasteiger partial charge in [-0.15, -0.1) is 0 Å². The first-order chi connectivity index (χ1) is 12.6. The zero-order valence-electron chi connectivity index (χ0n) is 15.8. The molecule has 1 aromatic carbocycles. The number of nitriles is 1. The zero-order chi connectivity index (χ0) is 18.4. The van der Waals surface area contributed by atoms with E-state index in [9.17, 15) is 4.79 Å². The summed E-state index contributed by atoms with van der Waals surface area (Å²) in [5.74, 6) is 0.902. The average molecular weight is 354 g/mol. The number of carbonyl (C=O) groups is 1. The molecule has 1 heterocycles. The molecule has 2 amide bonds. The largest absolute Gasteiger partial charge is 0.335 e. The third kappa shape index (κ3) is 5.22. The van der Waals surface area contributed by atoms with Crippen molar-refractivity contribution >= 4 is 6.03 Å². The van der Waals surface area contributed by atoms with E-state index in [1.807, 2.05) is 19.2 Å². The minimum Gasteiger partial charge on any atom is -0.335 e. The summed E-state index contributed by atoms with van der Waals surface area (Å²) >= 11 is 0. The van der Waals surface area contributed by atoms with Crippen LogP contribution in [0.2, 0.25) is 0 Å². The number of carbonyl (C=O) groups excluding carboxylic acids is 1. The summed E-state index contributed by atoms with van der Waals surface area (Å²) in [4.78, 5) is 16.7. The van der Waals surface area contributed by atoms with Crippen molar-refractivity contribution in [1.29, 1.82) is 5.26 Å². The van der Waals surface area contributed by atoms with Gasteiger partial charge in [0.05, 0.1) is 11.6 Å². The maximum absolute atomic E-state index is 12.4. The van der Waals surface area contributed by atoms with Crippen LogP contribution in [-0.4, -0.2) is 48.6 Å². The van der Waals surface area contributed by atoms with Gasteiger partial charge >= 0.3 is 6.03 Å². The summed E-state index contributed by atoms with van der Waals surface area (Å²) in [7, 11) is 1.82. The molecule has 2 aliphatic rings. The van der Waals surface area contributed by atoms with Gasteiger partial charge in [0.25, 0.3) is 0 Å². The molecule has 1 saturated carbocycles. The van der Waals surface area contributed by atoms with E-state index in [0.29, 0.717) is 12.1 Å². The van der Waals surface area contributed by atoms with Crippen LogP contribution in [-0.2, 0) is 6.54 Å². The topological polar surface area (TPSA) is 59.4 Å². The highest BCUT2D eigenvalue weighted by molar-refractivity contribution is 5.74. The second kappa shape index (κ2) is 9.05. The van der Waals surface area contributed by atoms with E-state index in [2.05, 4.69) is 16.3 Å². The molecule has 26 heavy (non-hydrogen) atoms. The Labute approximate surface area is 157 Å². The van der Waals surface area contributed by atoms with E-state index in [-0.39, 0.29) is 12.1 Å². The van der Waals surface area contributed by atoms with Gasteiger partial charge in [-0.25, -0.2) is 4.79 Å². The van der Waals surface area contributed by atoms with Crippen LogP contribution in [0.1, 0.15) is 49.7 Å². The normalized spacial score (nSPS) is 19.2. The quantitative estimate of drug-likeness (QED) is 0.882. The Morgan fingerprint density at radius 1 is 1.19 bits per heavy atom. The summed E-state index contributed by atoms with van der Waals surface area (Å²) in [5, 5.41) is 12.0. The molecule has 0 bridgehead atoms. The molecular formula is C21H30N4O. The molecule has 1 aromatic rings. The fraction of sp³-hybridized carbons (Fsp3) is 0.619. The van der Waals surface area contributed by atoms with Crippen molar-refractivity contribution < 1.29 is 4.79 Å². The number of benzene rings is 1. The number of nitrogens with one attached hydrogen (secondary N) is 1. The van der Waals surface area contributed by atoms with Crippen molar-refractivity contribution in [2.45, 2.75) is 51.1 Å². The van der Waals surface area contributed by atoms with Crippen LogP contribution < -0.4 is 5.32 Å². The molecule has 5 heteroatoms. The Balaban J connectivity index is 1.39. The third-order valence-electron chi connectivity index (χ3n) is 5.76. The van der Waals surface area contributed by atoms with Gasteiger partial charge in [-0.05, 0) is 49.3 Å². The summed E-state index contributed by atoms with van der Waals surface area (Å²) in [6, 6.07) is 9.78. The number of urea groups is 1. The number of nitrogens with zero attached hydrogens (tertiary/aromatic N) is 3. The molecular weight excluding hydrogens is 324 g/mol. The lowest BCUT2D eigenvalue weighted by Gasteiger charge is -2.34. The molecule has 0 unspecified atom stereocenters. The minimum absolute atomic E-state index is 0.0106. The molecule has 0 spiro atoms. The molecule has 0 aromatic heterocycles. The highest BCUT2D eigenvalue weighted by Crippen LogP contribution is 2.26. The lowest BCUT2D eigenvalue weighted by atomic mass is 10.0. The summed E-state index contributed by atoms with van der Waals surface area (Å²) in [6.07, 6.45) is 7.70. The Morgan fingerprint density at radius 2 is 1.85 bits per heavy atom. The third-order valence-corrected chi connectivity index (χ3v) is 5.76. The molecule has 1 aliphatic carbocycles. The average Bonchev–Trinajstić information content (AvgIpc) is 3.17. The lowest BCUT2D eigenvalue weighted by molar-refractivity contribution is 0.163. The van der Waals surface area contributed by atoms with Crippen LogP contribution >= 0.6 is 0 Å². The van der Waals surface area contributed by atoms with Crippen LogP contribution in [0.5, 0.6) is 0 Å². The SMILES string of the molecule is CN(Cc1ccc(C#N)cc1)C(=O)NC1CCN(CC2CCCC2)CC1. The summed E-state index contributed by atoms with van der Waals surface area (Å²) in [6.45, 7) is 4.00. The van der Waals surface area contributed by atoms with E-state index < -0.39 is 0 Å². The molecule has 1 N–H and O–H groups in total. The first-order valence-corrected chi connectivity index (χ1v) is 9.87. The van der Waals surface area contributed by atoms with Crippen molar-refractivity contribution in [3.05, 3.63) is 35.4 Å². The molecule has 3 rings (SSSR count). The van der Waals surface area contributed by atoms with Crippen molar-refractivity contribution in [3.63, 3.8) is 0 Å². The molecule has 2 fully saturated rings. The highest BCUT2D eigenvalue weighted by Gasteiger charge is 2.24. The van der Waals surface area contributed by atoms with Crippen LogP contribution in [0.4, 0.5) is 4.79 Å². The Bertz CT molecular complexity index is 622. The number of rotatable bonds is 5. The van der Waals surface area contributed by atoms with Crippen molar-refractivity contribution in [3.8, 4) is 6.07 Å². The van der Waals surface area contributed by atoms with Gasteiger partial charge in [0, 0.05) is 39.3 Å². The molecule has 0 atom stereocenters. The predicted octanol–water partition coefficient (Wildman–Crippen LogP) is 3.35. The maximum Gasteiger partial charge on any atom is 0.317 e. The van der Waals surface area contributed by atoms with Gasteiger partial charge in [0.2, 0.25) is 0 Å². The zero-order valence-corrected chi connectivity index (χ0v) is 15.8. The molecule has 140 valence electrons. The highest BCUT2D eigenvalue weighted by atomic mass is 16.2. The van der Waals surface area contributed by atoms with E-state index in [0.717, 1.165) is 37.4 Å². The molecule has 1 aliphatic heterocycles. The van der Waals surface area contributed by atoms with Gasteiger partial charge in [0.1, 0.15) is 0 Å². The van der Waals surface area contributed by atoms with Crippen LogP contribution in [0.25, 0.3) is 0 Å². The van der Waals surface area contributed by atoms with Crippen molar-refractivity contribution in [2.75, 3.05) is 26.7 Å². The van der Waals surface area contributed by atoms with Crippen molar-refractivity contribution in [1.82, 2.24) is 15.1 Å².